The van der Waals surface area contributed by atoms with Crippen molar-refractivity contribution in [2.75, 3.05) is 0 Å². The van der Waals surface area contributed by atoms with Gasteiger partial charge in [0.1, 0.15) is 6.04 Å². The Labute approximate surface area is 79.2 Å². The fourth-order valence-electron chi connectivity index (χ4n) is 0.823. The molecule has 11 heavy (non-hydrogen) atoms. The molecule has 0 aliphatic heterocycles. The van der Waals surface area contributed by atoms with Crippen LogP contribution >= 0.6 is 22.6 Å². The van der Waals surface area contributed by atoms with Crippen LogP contribution in [-0.4, -0.2) is 9.78 Å². The van der Waals surface area contributed by atoms with E-state index in [1.54, 1.807) is 10.9 Å². The van der Waals surface area contributed by atoms with E-state index in [0.29, 0.717) is 0 Å². The zero-order valence-corrected chi connectivity index (χ0v) is 8.32. The summed E-state index contributed by atoms with van der Waals surface area (Å²) in [7, 11) is 0. The van der Waals surface area contributed by atoms with Crippen LogP contribution in [0.3, 0.4) is 0 Å². The smallest absolute Gasteiger partial charge is 0.138 e. The SMILES string of the molecule is CCC(C#N)n1cc(I)cn1. The van der Waals surface area contributed by atoms with Gasteiger partial charge in [-0.1, -0.05) is 6.92 Å². The van der Waals surface area contributed by atoms with E-state index >= 15 is 0 Å². The number of hydrogen-bond donors (Lipinski definition) is 0. The monoisotopic (exact) mass is 261 g/mol. The molecule has 3 nitrogen and oxygen atoms in total. The fourth-order valence-corrected chi connectivity index (χ4v) is 1.23. The van der Waals surface area contributed by atoms with Gasteiger partial charge in [-0.3, -0.25) is 4.68 Å². The summed E-state index contributed by atoms with van der Waals surface area (Å²) >= 11 is 2.17. The molecular formula is C7H8IN3. The highest BCUT2D eigenvalue weighted by Crippen LogP contribution is 2.10. The van der Waals surface area contributed by atoms with Crippen LogP contribution in [0.1, 0.15) is 19.4 Å². The molecule has 1 aromatic rings. The first-order valence-corrected chi connectivity index (χ1v) is 4.45. The molecule has 1 unspecified atom stereocenters. The molecule has 1 heterocycles. The molecule has 0 fully saturated rings. The third-order valence-electron chi connectivity index (χ3n) is 1.43. The van der Waals surface area contributed by atoms with Crippen molar-refractivity contribution < 1.29 is 0 Å². The van der Waals surface area contributed by atoms with Crippen LogP contribution < -0.4 is 0 Å². The second-order valence-electron chi connectivity index (χ2n) is 2.19. The molecule has 0 amide bonds. The zero-order chi connectivity index (χ0) is 8.27. The first-order valence-electron chi connectivity index (χ1n) is 3.37. The van der Waals surface area contributed by atoms with Crippen LogP contribution in [0.5, 0.6) is 0 Å². The third kappa shape index (κ3) is 1.93. The maximum atomic E-state index is 8.68. The van der Waals surface area contributed by atoms with E-state index < -0.39 is 0 Å². The topological polar surface area (TPSA) is 41.6 Å². The molecule has 1 aromatic heterocycles. The number of rotatable bonds is 2. The van der Waals surface area contributed by atoms with Gasteiger partial charge in [-0.15, -0.1) is 0 Å². The van der Waals surface area contributed by atoms with Crippen LogP contribution in [0.2, 0.25) is 0 Å². The molecule has 0 aliphatic rings. The van der Waals surface area contributed by atoms with E-state index in [-0.39, 0.29) is 6.04 Å². The van der Waals surface area contributed by atoms with Crippen molar-refractivity contribution in [1.82, 2.24) is 9.78 Å². The van der Waals surface area contributed by atoms with Crippen molar-refractivity contribution in [2.45, 2.75) is 19.4 Å². The maximum absolute atomic E-state index is 8.68. The molecule has 0 spiro atoms. The summed E-state index contributed by atoms with van der Waals surface area (Å²) in [6, 6.07) is 2.07. The Bertz CT molecular complexity index is 273. The Morgan fingerprint density at radius 1 is 1.91 bits per heavy atom. The van der Waals surface area contributed by atoms with E-state index in [2.05, 4.69) is 33.8 Å². The van der Waals surface area contributed by atoms with E-state index in [1.807, 2.05) is 13.1 Å². The van der Waals surface area contributed by atoms with Gasteiger partial charge in [0.15, 0.2) is 0 Å². The van der Waals surface area contributed by atoms with Crippen LogP contribution in [0.15, 0.2) is 12.4 Å². The molecule has 0 radical (unpaired) electrons. The lowest BCUT2D eigenvalue weighted by molar-refractivity contribution is 0.534. The second kappa shape index (κ2) is 3.72. The molecule has 58 valence electrons. The van der Waals surface area contributed by atoms with Crippen molar-refractivity contribution in [3.63, 3.8) is 0 Å². The number of halogens is 1. The van der Waals surface area contributed by atoms with Gasteiger partial charge in [0.2, 0.25) is 0 Å². The van der Waals surface area contributed by atoms with Crippen molar-refractivity contribution in [1.29, 1.82) is 5.26 Å². The highest BCUT2D eigenvalue weighted by Gasteiger charge is 2.06. The van der Waals surface area contributed by atoms with E-state index in [1.165, 1.54) is 0 Å². The highest BCUT2D eigenvalue weighted by molar-refractivity contribution is 14.1. The van der Waals surface area contributed by atoms with Gasteiger partial charge in [-0.2, -0.15) is 10.4 Å². The zero-order valence-electron chi connectivity index (χ0n) is 6.16. The van der Waals surface area contributed by atoms with Crippen molar-refractivity contribution in [3.8, 4) is 6.07 Å². The molecular weight excluding hydrogens is 253 g/mol. The van der Waals surface area contributed by atoms with Crippen LogP contribution in [0.25, 0.3) is 0 Å². The molecule has 1 atom stereocenters. The summed E-state index contributed by atoms with van der Waals surface area (Å²) in [6.07, 6.45) is 4.42. The summed E-state index contributed by atoms with van der Waals surface area (Å²) in [5, 5.41) is 12.7. The number of hydrogen-bond acceptors (Lipinski definition) is 2. The molecule has 4 heteroatoms. The number of nitrogens with zero attached hydrogens (tertiary/aromatic N) is 3. The van der Waals surface area contributed by atoms with Gasteiger partial charge < -0.3 is 0 Å². The summed E-state index contributed by atoms with van der Waals surface area (Å²) in [5.74, 6) is 0. The molecule has 0 aliphatic carbocycles. The predicted octanol–water partition coefficient (Wildman–Crippen LogP) is 1.96. The third-order valence-corrected chi connectivity index (χ3v) is 1.98. The minimum atomic E-state index is -0.112. The van der Waals surface area contributed by atoms with Gasteiger partial charge in [0.05, 0.1) is 15.8 Å². The van der Waals surface area contributed by atoms with Gasteiger partial charge in [-0.25, -0.2) is 0 Å². The Hall–Kier alpha value is -0.570. The average Bonchev–Trinajstić information content (AvgIpc) is 2.39. The first-order chi connectivity index (χ1) is 5.27. The Balaban J connectivity index is 2.84. The average molecular weight is 261 g/mol. The van der Waals surface area contributed by atoms with Crippen molar-refractivity contribution >= 4 is 22.6 Å². The molecule has 0 bridgehead atoms. The predicted molar refractivity (Wildman–Crippen MR) is 49.9 cm³/mol. The second-order valence-corrected chi connectivity index (χ2v) is 3.44. The standard InChI is InChI=1S/C7H8IN3/c1-2-7(3-9)11-5-6(8)4-10-11/h4-5,7H,2H2,1H3. The fraction of sp³-hybridized carbons (Fsp3) is 0.429. The molecule has 0 N–H and O–H groups in total. The van der Waals surface area contributed by atoms with E-state index in [9.17, 15) is 0 Å². The summed E-state index contributed by atoms with van der Waals surface area (Å²) in [6.45, 7) is 1.97. The molecule has 0 saturated carbocycles. The van der Waals surface area contributed by atoms with Gasteiger partial charge in [0.25, 0.3) is 0 Å². The minimum Gasteiger partial charge on any atom is -0.254 e. The Kier molecular flexibility index (Phi) is 2.88. The molecule has 0 aromatic carbocycles. The van der Waals surface area contributed by atoms with Gasteiger partial charge >= 0.3 is 0 Å². The summed E-state index contributed by atoms with van der Waals surface area (Å²) < 4.78 is 2.76. The largest absolute Gasteiger partial charge is 0.254 e. The number of aromatic nitrogens is 2. The lowest BCUT2D eigenvalue weighted by Gasteiger charge is -2.04. The van der Waals surface area contributed by atoms with Gasteiger partial charge in [0, 0.05) is 6.20 Å². The van der Waals surface area contributed by atoms with Crippen LogP contribution in [-0.2, 0) is 0 Å². The Morgan fingerprint density at radius 3 is 3.00 bits per heavy atom. The van der Waals surface area contributed by atoms with E-state index in [0.717, 1.165) is 9.99 Å². The summed E-state index contributed by atoms with van der Waals surface area (Å²) in [4.78, 5) is 0. The highest BCUT2D eigenvalue weighted by atomic mass is 127. The summed E-state index contributed by atoms with van der Waals surface area (Å²) in [5.41, 5.74) is 0. The minimum absolute atomic E-state index is 0.112. The lowest BCUT2D eigenvalue weighted by atomic mass is 10.3. The quantitative estimate of drug-likeness (QED) is 0.763. The first kappa shape index (κ1) is 8.53. The van der Waals surface area contributed by atoms with Crippen LogP contribution in [0, 0.1) is 14.9 Å². The molecule has 0 saturated heterocycles. The lowest BCUT2D eigenvalue weighted by Crippen LogP contribution is -2.05. The maximum Gasteiger partial charge on any atom is 0.138 e. The number of nitriles is 1. The van der Waals surface area contributed by atoms with Crippen molar-refractivity contribution in [3.05, 3.63) is 16.0 Å². The van der Waals surface area contributed by atoms with E-state index in [4.69, 9.17) is 5.26 Å². The Morgan fingerprint density at radius 2 is 2.64 bits per heavy atom. The normalized spacial score (nSPS) is 12.5. The van der Waals surface area contributed by atoms with Crippen LogP contribution in [0.4, 0.5) is 0 Å². The molecule has 1 rings (SSSR count). The van der Waals surface area contributed by atoms with Gasteiger partial charge in [-0.05, 0) is 29.0 Å². The van der Waals surface area contributed by atoms with Crippen molar-refractivity contribution in [2.24, 2.45) is 0 Å².